The Balaban J connectivity index is 1.70. The molecule has 31 heavy (non-hydrogen) atoms. The van der Waals surface area contributed by atoms with Gasteiger partial charge in [-0.2, -0.15) is 0 Å². The summed E-state index contributed by atoms with van der Waals surface area (Å²) >= 11 is 6.41. The van der Waals surface area contributed by atoms with Crippen molar-refractivity contribution in [1.82, 2.24) is 0 Å². The van der Waals surface area contributed by atoms with Crippen molar-refractivity contribution in [1.29, 1.82) is 0 Å². The van der Waals surface area contributed by atoms with Gasteiger partial charge >= 0.3 is 5.97 Å². The van der Waals surface area contributed by atoms with Crippen molar-refractivity contribution in [2.45, 2.75) is 18.4 Å². The van der Waals surface area contributed by atoms with Crippen LogP contribution in [0.1, 0.15) is 12.5 Å². The number of sulfone groups is 1. The predicted octanol–water partition coefficient (Wildman–Crippen LogP) is 4.84. The molecular formula is C23H21ClO6S. The number of carbonyl (C=O) groups is 1. The van der Waals surface area contributed by atoms with E-state index in [1.165, 1.54) is 24.3 Å². The monoisotopic (exact) mass is 460 g/mol. The molecule has 0 radical (unpaired) electrons. The standard InChI is InChI=1S/C23H21ClO6S/c1-2-29-19-8-11-21(22(24)13-19)17-5-3-4-16(12-17)14-30-18-6-9-20(10-7-18)31(27,28)15-23(25)26/h3-13H,2,14-15H2,1H3,(H,25,26). The minimum atomic E-state index is -3.87. The van der Waals surface area contributed by atoms with Crippen LogP contribution in [0.4, 0.5) is 0 Å². The number of halogens is 1. The van der Waals surface area contributed by atoms with E-state index in [9.17, 15) is 13.2 Å². The van der Waals surface area contributed by atoms with E-state index in [0.29, 0.717) is 23.1 Å². The molecule has 162 valence electrons. The molecule has 0 bridgehead atoms. The number of benzene rings is 3. The van der Waals surface area contributed by atoms with E-state index in [0.717, 1.165) is 16.7 Å². The van der Waals surface area contributed by atoms with Crippen molar-refractivity contribution in [3.05, 3.63) is 77.3 Å². The molecule has 3 rings (SSSR count). The molecule has 0 saturated carbocycles. The highest BCUT2D eigenvalue weighted by molar-refractivity contribution is 7.92. The third-order valence-corrected chi connectivity index (χ3v) is 6.32. The smallest absolute Gasteiger partial charge is 0.319 e. The molecule has 0 aliphatic carbocycles. The van der Waals surface area contributed by atoms with E-state index in [-0.39, 0.29) is 11.5 Å². The van der Waals surface area contributed by atoms with Crippen LogP contribution >= 0.6 is 11.6 Å². The van der Waals surface area contributed by atoms with E-state index < -0.39 is 21.6 Å². The maximum atomic E-state index is 12.0. The fraction of sp³-hybridized carbons (Fsp3) is 0.174. The maximum absolute atomic E-state index is 12.0. The molecule has 0 heterocycles. The van der Waals surface area contributed by atoms with Crippen LogP contribution in [-0.4, -0.2) is 31.9 Å². The number of carboxylic acids is 1. The van der Waals surface area contributed by atoms with Gasteiger partial charge in [0.2, 0.25) is 0 Å². The Labute approximate surface area is 185 Å². The molecule has 0 fully saturated rings. The minimum Gasteiger partial charge on any atom is -0.494 e. The second kappa shape index (κ2) is 9.85. The zero-order valence-corrected chi connectivity index (χ0v) is 18.3. The van der Waals surface area contributed by atoms with Crippen LogP contribution in [0.15, 0.2) is 71.6 Å². The lowest BCUT2D eigenvalue weighted by Gasteiger charge is -2.11. The second-order valence-corrected chi connectivity index (χ2v) is 9.08. The molecule has 3 aromatic carbocycles. The lowest BCUT2D eigenvalue weighted by atomic mass is 10.0. The van der Waals surface area contributed by atoms with Gasteiger partial charge in [0.15, 0.2) is 15.6 Å². The number of hydrogen-bond donors (Lipinski definition) is 1. The van der Waals surface area contributed by atoms with E-state index in [1.54, 1.807) is 6.07 Å². The van der Waals surface area contributed by atoms with E-state index in [2.05, 4.69) is 0 Å². The first-order valence-electron chi connectivity index (χ1n) is 9.47. The average Bonchev–Trinajstić information content (AvgIpc) is 2.72. The Morgan fingerprint density at radius 1 is 0.968 bits per heavy atom. The van der Waals surface area contributed by atoms with Crippen LogP contribution in [0.25, 0.3) is 11.1 Å². The average molecular weight is 461 g/mol. The summed E-state index contributed by atoms with van der Waals surface area (Å²) < 4.78 is 35.1. The fourth-order valence-electron chi connectivity index (χ4n) is 2.97. The van der Waals surface area contributed by atoms with Crippen LogP contribution in [0.3, 0.4) is 0 Å². The minimum absolute atomic E-state index is 0.0608. The van der Waals surface area contributed by atoms with Crippen LogP contribution in [0.5, 0.6) is 11.5 Å². The molecule has 0 aliphatic rings. The summed E-state index contributed by atoms with van der Waals surface area (Å²) in [6.07, 6.45) is 0. The van der Waals surface area contributed by atoms with E-state index in [4.69, 9.17) is 26.2 Å². The van der Waals surface area contributed by atoms with Crippen molar-refractivity contribution >= 4 is 27.4 Å². The van der Waals surface area contributed by atoms with Crippen LogP contribution in [0, 0.1) is 0 Å². The third kappa shape index (κ3) is 5.99. The Kier molecular flexibility index (Phi) is 7.20. The van der Waals surface area contributed by atoms with Gasteiger partial charge in [0.25, 0.3) is 0 Å². The van der Waals surface area contributed by atoms with Gasteiger partial charge < -0.3 is 14.6 Å². The van der Waals surface area contributed by atoms with Crippen LogP contribution < -0.4 is 9.47 Å². The Bertz CT molecular complexity index is 1170. The molecule has 3 aromatic rings. The predicted molar refractivity (Wildman–Crippen MR) is 119 cm³/mol. The first kappa shape index (κ1) is 22.7. The molecule has 8 heteroatoms. The topological polar surface area (TPSA) is 89.9 Å². The van der Waals surface area contributed by atoms with Gasteiger partial charge in [0.1, 0.15) is 18.1 Å². The molecule has 1 N–H and O–H groups in total. The first-order valence-corrected chi connectivity index (χ1v) is 11.5. The number of ether oxygens (including phenoxy) is 2. The summed E-state index contributed by atoms with van der Waals surface area (Å²) in [5.74, 6) is -1.16. The molecule has 0 unspecified atom stereocenters. The highest BCUT2D eigenvalue weighted by Gasteiger charge is 2.18. The van der Waals surface area contributed by atoms with Gasteiger partial charge in [-0.25, -0.2) is 8.42 Å². The number of aliphatic carboxylic acids is 1. The number of rotatable bonds is 9. The van der Waals surface area contributed by atoms with Crippen molar-refractivity contribution < 1.29 is 27.8 Å². The number of hydrogen-bond acceptors (Lipinski definition) is 5. The number of carboxylic acid groups (broad SMARTS) is 1. The zero-order valence-electron chi connectivity index (χ0n) is 16.7. The van der Waals surface area contributed by atoms with E-state index >= 15 is 0 Å². The Morgan fingerprint density at radius 3 is 2.32 bits per heavy atom. The van der Waals surface area contributed by atoms with Gasteiger partial charge in [0, 0.05) is 5.56 Å². The molecule has 6 nitrogen and oxygen atoms in total. The summed E-state index contributed by atoms with van der Waals surface area (Å²) in [6.45, 7) is 2.74. The summed E-state index contributed by atoms with van der Waals surface area (Å²) in [6, 6.07) is 19.0. The maximum Gasteiger partial charge on any atom is 0.319 e. The largest absolute Gasteiger partial charge is 0.494 e. The molecular weight excluding hydrogens is 440 g/mol. The van der Waals surface area contributed by atoms with Gasteiger partial charge in [0.05, 0.1) is 16.5 Å². The van der Waals surface area contributed by atoms with Gasteiger partial charge in [-0.3, -0.25) is 4.79 Å². The lowest BCUT2D eigenvalue weighted by molar-refractivity contribution is -0.134. The van der Waals surface area contributed by atoms with E-state index in [1.807, 2.05) is 43.3 Å². The highest BCUT2D eigenvalue weighted by Crippen LogP contribution is 2.32. The van der Waals surface area contributed by atoms with Gasteiger partial charge in [-0.05, 0) is 66.6 Å². The van der Waals surface area contributed by atoms with Crippen LogP contribution in [-0.2, 0) is 21.2 Å². The molecule has 0 atom stereocenters. The van der Waals surface area contributed by atoms with Gasteiger partial charge in [-0.1, -0.05) is 29.8 Å². The highest BCUT2D eigenvalue weighted by atomic mass is 35.5. The third-order valence-electron chi connectivity index (χ3n) is 4.39. The van der Waals surface area contributed by atoms with Crippen molar-refractivity contribution in [2.24, 2.45) is 0 Å². The Hall–Kier alpha value is -3.03. The second-order valence-electron chi connectivity index (χ2n) is 6.69. The van der Waals surface area contributed by atoms with Crippen molar-refractivity contribution in [3.8, 4) is 22.6 Å². The zero-order chi connectivity index (χ0) is 22.4. The van der Waals surface area contributed by atoms with Crippen molar-refractivity contribution in [3.63, 3.8) is 0 Å². The quantitative estimate of drug-likeness (QED) is 0.491. The molecule has 0 spiro atoms. The fourth-order valence-corrected chi connectivity index (χ4v) is 4.29. The Morgan fingerprint density at radius 2 is 1.68 bits per heavy atom. The molecule has 0 saturated heterocycles. The SMILES string of the molecule is CCOc1ccc(-c2cccc(COc3ccc(S(=O)(=O)CC(=O)O)cc3)c2)c(Cl)c1. The lowest BCUT2D eigenvalue weighted by Crippen LogP contribution is -2.15. The molecule has 0 amide bonds. The van der Waals surface area contributed by atoms with Crippen LogP contribution in [0.2, 0.25) is 5.02 Å². The summed E-state index contributed by atoms with van der Waals surface area (Å²) in [4.78, 5) is 10.6. The first-order chi connectivity index (χ1) is 14.8. The molecule has 0 aliphatic heterocycles. The van der Waals surface area contributed by atoms with Crippen molar-refractivity contribution in [2.75, 3.05) is 12.4 Å². The summed E-state index contributed by atoms with van der Waals surface area (Å²) in [5.41, 5.74) is 2.72. The summed E-state index contributed by atoms with van der Waals surface area (Å²) in [5, 5.41) is 9.30. The molecule has 0 aromatic heterocycles. The summed E-state index contributed by atoms with van der Waals surface area (Å²) in [7, 11) is -3.87. The normalized spacial score (nSPS) is 11.2. The van der Waals surface area contributed by atoms with Gasteiger partial charge in [-0.15, -0.1) is 0 Å².